The summed E-state index contributed by atoms with van der Waals surface area (Å²) in [7, 11) is 4.11. The number of hydrogen-bond acceptors (Lipinski definition) is 4. The summed E-state index contributed by atoms with van der Waals surface area (Å²) in [5, 5.41) is 0.783. The standard InChI is InChI=1S/C22H27N3OS.ClH/c1-15-11-12-19-20(17(15)3)23-22(27-19)25(14-8-13-24(4)5)21(26)18-10-7-6-9-16(18)2;/h6-7,9-12H,8,13-14H2,1-5H3;1H. The van der Waals surface area contributed by atoms with E-state index < -0.39 is 0 Å². The second kappa shape index (κ2) is 9.50. The molecule has 0 spiro atoms. The van der Waals surface area contributed by atoms with Crippen LogP contribution in [0.25, 0.3) is 10.2 Å². The number of thiazole rings is 1. The van der Waals surface area contributed by atoms with E-state index in [0.717, 1.165) is 39.4 Å². The minimum Gasteiger partial charge on any atom is -0.309 e. The lowest BCUT2D eigenvalue weighted by atomic mass is 10.1. The second-order valence-corrected chi connectivity index (χ2v) is 8.29. The van der Waals surface area contributed by atoms with Gasteiger partial charge in [-0.1, -0.05) is 35.6 Å². The Balaban J connectivity index is 0.00000280. The molecule has 3 rings (SSSR count). The molecule has 0 unspecified atom stereocenters. The Morgan fingerprint density at radius 3 is 2.39 bits per heavy atom. The fraction of sp³-hybridized carbons (Fsp3) is 0.364. The van der Waals surface area contributed by atoms with Crippen LogP contribution in [0.4, 0.5) is 5.13 Å². The molecule has 1 heterocycles. The van der Waals surface area contributed by atoms with Crippen LogP contribution in [0, 0.1) is 20.8 Å². The van der Waals surface area contributed by atoms with Gasteiger partial charge in [-0.15, -0.1) is 12.4 Å². The quantitative estimate of drug-likeness (QED) is 0.550. The van der Waals surface area contributed by atoms with Crippen LogP contribution in [0.5, 0.6) is 0 Å². The fourth-order valence-corrected chi connectivity index (χ4v) is 4.17. The van der Waals surface area contributed by atoms with Crippen molar-refractivity contribution in [3.63, 3.8) is 0 Å². The Hall–Kier alpha value is -1.95. The smallest absolute Gasteiger partial charge is 0.260 e. The summed E-state index contributed by atoms with van der Waals surface area (Å²) < 4.78 is 1.13. The van der Waals surface area contributed by atoms with Crippen molar-refractivity contribution >= 4 is 45.0 Å². The van der Waals surface area contributed by atoms with Gasteiger partial charge in [0.1, 0.15) is 0 Å². The monoisotopic (exact) mass is 417 g/mol. The van der Waals surface area contributed by atoms with E-state index in [0.29, 0.717) is 6.54 Å². The molecule has 1 aromatic heterocycles. The fourth-order valence-electron chi connectivity index (χ4n) is 3.12. The maximum Gasteiger partial charge on any atom is 0.260 e. The van der Waals surface area contributed by atoms with E-state index in [9.17, 15) is 4.79 Å². The number of hydrogen-bond donors (Lipinski definition) is 0. The van der Waals surface area contributed by atoms with Crippen LogP contribution in [-0.2, 0) is 0 Å². The topological polar surface area (TPSA) is 36.4 Å². The van der Waals surface area contributed by atoms with Crippen molar-refractivity contribution in [2.75, 3.05) is 32.1 Å². The molecule has 6 heteroatoms. The van der Waals surface area contributed by atoms with E-state index in [2.05, 4.69) is 45.0 Å². The van der Waals surface area contributed by atoms with Gasteiger partial charge in [0.25, 0.3) is 5.91 Å². The molecule has 28 heavy (non-hydrogen) atoms. The van der Waals surface area contributed by atoms with Crippen molar-refractivity contribution in [2.24, 2.45) is 0 Å². The van der Waals surface area contributed by atoms with Crippen LogP contribution in [0.15, 0.2) is 36.4 Å². The number of halogens is 1. The molecule has 3 aromatic rings. The molecule has 150 valence electrons. The summed E-state index contributed by atoms with van der Waals surface area (Å²) in [5.41, 5.74) is 5.16. The third-order valence-corrected chi connectivity index (χ3v) is 5.96. The Morgan fingerprint density at radius 2 is 1.71 bits per heavy atom. The van der Waals surface area contributed by atoms with E-state index in [1.807, 2.05) is 36.1 Å². The third-order valence-electron chi connectivity index (χ3n) is 4.91. The van der Waals surface area contributed by atoms with Crippen molar-refractivity contribution in [2.45, 2.75) is 27.2 Å². The number of carbonyl (C=O) groups is 1. The number of amides is 1. The SMILES string of the molecule is Cc1ccccc1C(=O)N(CCCN(C)C)c1nc2c(C)c(C)ccc2s1.Cl. The van der Waals surface area contributed by atoms with Crippen LogP contribution in [0.3, 0.4) is 0 Å². The van der Waals surface area contributed by atoms with Crippen molar-refractivity contribution in [3.05, 3.63) is 58.7 Å². The highest BCUT2D eigenvalue weighted by atomic mass is 35.5. The summed E-state index contributed by atoms with van der Waals surface area (Å²) in [4.78, 5) is 22.2. The molecule has 0 bridgehead atoms. The summed E-state index contributed by atoms with van der Waals surface area (Å²) in [5.74, 6) is 0.0280. The first kappa shape index (κ1) is 22.3. The summed E-state index contributed by atoms with van der Waals surface area (Å²) >= 11 is 1.60. The molecule has 0 radical (unpaired) electrons. The summed E-state index contributed by atoms with van der Waals surface area (Å²) in [6, 6.07) is 12.0. The van der Waals surface area contributed by atoms with Crippen molar-refractivity contribution in [3.8, 4) is 0 Å². The summed E-state index contributed by atoms with van der Waals surface area (Å²) in [6.45, 7) is 7.77. The van der Waals surface area contributed by atoms with E-state index >= 15 is 0 Å². The minimum atomic E-state index is 0. The van der Waals surface area contributed by atoms with Gasteiger partial charge in [-0.05, 0) is 76.7 Å². The molecular formula is C22H28ClN3OS. The Labute approximate surface area is 177 Å². The Bertz CT molecular complexity index is 968. The van der Waals surface area contributed by atoms with Crippen molar-refractivity contribution in [1.29, 1.82) is 0 Å². The first-order valence-electron chi connectivity index (χ1n) is 9.27. The number of aryl methyl sites for hydroxylation is 3. The molecule has 0 aliphatic rings. The maximum atomic E-state index is 13.3. The van der Waals surface area contributed by atoms with Crippen molar-refractivity contribution in [1.82, 2.24) is 9.88 Å². The highest BCUT2D eigenvalue weighted by molar-refractivity contribution is 7.22. The number of carbonyl (C=O) groups excluding carboxylic acids is 1. The van der Waals surface area contributed by atoms with Gasteiger partial charge >= 0.3 is 0 Å². The van der Waals surface area contributed by atoms with Gasteiger partial charge in [-0.25, -0.2) is 4.98 Å². The number of aromatic nitrogens is 1. The lowest BCUT2D eigenvalue weighted by Gasteiger charge is -2.21. The largest absolute Gasteiger partial charge is 0.309 e. The first-order chi connectivity index (χ1) is 12.9. The number of rotatable bonds is 6. The van der Waals surface area contributed by atoms with Gasteiger partial charge in [-0.3, -0.25) is 9.69 Å². The molecule has 0 fully saturated rings. The highest BCUT2D eigenvalue weighted by Gasteiger charge is 2.22. The van der Waals surface area contributed by atoms with Gasteiger partial charge in [0.05, 0.1) is 10.2 Å². The van der Waals surface area contributed by atoms with Gasteiger partial charge < -0.3 is 4.90 Å². The Morgan fingerprint density at radius 1 is 1.00 bits per heavy atom. The molecule has 0 aliphatic heterocycles. The average molecular weight is 418 g/mol. The second-order valence-electron chi connectivity index (χ2n) is 7.28. The van der Waals surface area contributed by atoms with Gasteiger partial charge in [0.2, 0.25) is 0 Å². The molecule has 0 N–H and O–H groups in total. The molecular weight excluding hydrogens is 390 g/mol. The van der Waals surface area contributed by atoms with E-state index in [-0.39, 0.29) is 18.3 Å². The molecule has 0 atom stereocenters. The van der Waals surface area contributed by atoms with Crippen LogP contribution >= 0.6 is 23.7 Å². The third kappa shape index (κ3) is 4.72. The maximum absolute atomic E-state index is 13.3. The summed E-state index contributed by atoms with van der Waals surface area (Å²) in [6.07, 6.45) is 0.901. The number of nitrogens with zero attached hydrogens (tertiary/aromatic N) is 3. The number of anilines is 1. The van der Waals surface area contributed by atoms with Crippen LogP contribution in [-0.4, -0.2) is 43.0 Å². The predicted molar refractivity (Wildman–Crippen MR) is 122 cm³/mol. The Kier molecular flexibility index (Phi) is 7.58. The van der Waals surface area contributed by atoms with Crippen LogP contribution in [0.2, 0.25) is 0 Å². The number of benzene rings is 2. The normalized spacial score (nSPS) is 10.9. The lowest BCUT2D eigenvalue weighted by molar-refractivity contribution is 0.0985. The number of fused-ring (bicyclic) bond motifs is 1. The zero-order chi connectivity index (χ0) is 19.6. The molecule has 1 amide bonds. The molecule has 2 aromatic carbocycles. The average Bonchev–Trinajstić information content (AvgIpc) is 3.06. The van der Waals surface area contributed by atoms with Crippen LogP contribution in [0.1, 0.15) is 33.5 Å². The zero-order valence-corrected chi connectivity index (χ0v) is 18.8. The molecule has 0 saturated heterocycles. The van der Waals surface area contributed by atoms with E-state index in [1.165, 1.54) is 11.1 Å². The van der Waals surface area contributed by atoms with E-state index in [1.54, 1.807) is 11.3 Å². The molecule has 4 nitrogen and oxygen atoms in total. The van der Waals surface area contributed by atoms with Crippen LogP contribution < -0.4 is 4.90 Å². The first-order valence-corrected chi connectivity index (χ1v) is 10.1. The van der Waals surface area contributed by atoms with E-state index in [4.69, 9.17) is 4.98 Å². The van der Waals surface area contributed by atoms with Gasteiger partial charge in [0, 0.05) is 12.1 Å². The molecule has 0 saturated carbocycles. The lowest BCUT2D eigenvalue weighted by Crippen LogP contribution is -2.33. The van der Waals surface area contributed by atoms with Gasteiger partial charge in [-0.2, -0.15) is 0 Å². The minimum absolute atomic E-state index is 0. The van der Waals surface area contributed by atoms with Gasteiger partial charge in [0.15, 0.2) is 5.13 Å². The van der Waals surface area contributed by atoms with Crippen molar-refractivity contribution < 1.29 is 4.79 Å². The molecule has 0 aliphatic carbocycles. The highest BCUT2D eigenvalue weighted by Crippen LogP contribution is 2.33. The zero-order valence-electron chi connectivity index (χ0n) is 17.2. The predicted octanol–water partition coefficient (Wildman–Crippen LogP) is 5.24.